The molecule has 102 valence electrons. The van der Waals surface area contributed by atoms with Crippen LogP contribution in [0.25, 0.3) is 0 Å². The molecule has 0 spiro atoms. The van der Waals surface area contributed by atoms with Crippen LogP contribution in [0, 0.1) is 0 Å². The molecule has 0 aliphatic rings. The summed E-state index contributed by atoms with van der Waals surface area (Å²) in [5, 5.41) is 3.47. The molecule has 1 aromatic heterocycles. The molecule has 2 nitrogen and oxygen atoms in total. The molecule has 0 aliphatic carbocycles. The fraction of sp³-hybridized carbons (Fsp3) is 0.688. The second-order valence-corrected chi connectivity index (χ2v) is 6.22. The standard InChI is InChI=1S/C16H28N2/c1-6-7-8-9-13(2)18-15-11-10-14(12-17-15)16(3,4)5/h10-13H,6-9H2,1-5H3,(H,17,18). The summed E-state index contributed by atoms with van der Waals surface area (Å²) in [4.78, 5) is 4.50. The van der Waals surface area contributed by atoms with Crippen molar-refractivity contribution < 1.29 is 0 Å². The van der Waals surface area contributed by atoms with Crippen molar-refractivity contribution in [1.82, 2.24) is 4.98 Å². The van der Waals surface area contributed by atoms with E-state index in [9.17, 15) is 0 Å². The molecule has 1 unspecified atom stereocenters. The van der Waals surface area contributed by atoms with Crippen LogP contribution in [-0.2, 0) is 5.41 Å². The fourth-order valence-electron chi connectivity index (χ4n) is 1.95. The predicted octanol–water partition coefficient (Wildman–Crippen LogP) is 4.76. The van der Waals surface area contributed by atoms with Crippen LogP contribution in [0.2, 0.25) is 0 Å². The Morgan fingerprint density at radius 1 is 1.22 bits per heavy atom. The molecule has 0 radical (unpaired) electrons. The quantitative estimate of drug-likeness (QED) is 0.734. The Morgan fingerprint density at radius 3 is 2.44 bits per heavy atom. The lowest BCUT2D eigenvalue weighted by Gasteiger charge is -2.19. The fourth-order valence-corrected chi connectivity index (χ4v) is 1.95. The summed E-state index contributed by atoms with van der Waals surface area (Å²) in [6.07, 6.45) is 7.11. The Balaban J connectivity index is 2.48. The second kappa shape index (κ2) is 6.77. The lowest BCUT2D eigenvalue weighted by molar-refractivity contribution is 0.587. The molecule has 1 aromatic rings. The van der Waals surface area contributed by atoms with E-state index in [1.807, 2.05) is 6.20 Å². The molecule has 1 heterocycles. The molecule has 1 atom stereocenters. The first kappa shape index (κ1) is 15.0. The Bertz CT molecular complexity index is 335. The minimum Gasteiger partial charge on any atom is -0.368 e. The first-order chi connectivity index (χ1) is 8.43. The Morgan fingerprint density at radius 2 is 1.94 bits per heavy atom. The number of pyridine rings is 1. The minimum absolute atomic E-state index is 0.179. The monoisotopic (exact) mass is 248 g/mol. The number of aromatic nitrogens is 1. The van der Waals surface area contributed by atoms with E-state index in [4.69, 9.17) is 0 Å². The van der Waals surface area contributed by atoms with Gasteiger partial charge in [0.2, 0.25) is 0 Å². The summed E-state index contributed by atoms with van der Waals surface area (Å²) in [5.41, 5.74) is 1.46. The van der Waals surface area contributed by atoms with Gasteiger partial charge in [-0.25, -0.2) is 4.98 Å². The van der Waals surface area contributed by atoms with Crippen molar-refractivity contribution >= 4 is 5.82 Å². The van der Waals surface area contributed by atoms with Crippen LogP contribution in [0.5, 0.6) is 0 Å². The number of nitrogens with zero attached hydrogens (tertiary/aromatic N) is 1. The molecule has 18 heavy (non-hydrogen) atoms. The van der Waals surface area contributed by atoms with Crippen LogP contribution in [0.15, 0.2) is 18.3 Å². The summed E-state index contributed by atoms with van der Waals surface area (Å²) >= 11 is 0. The van der Waals surface area contributed by atoms with Gasteiger partial charge in [-0.05, 0) is 30.4 Å². The van der Waals surface area contributed by atoms with Gasteiger partial charge in [0.15, 0.2) is 0 Å². The zero-order valence-corrected chi connectivity index (χ0v) is 12.6. The van der Waals surface area contributed by atoms with Gasteiger partial charge in [-0.2, -0.15) is 0 Å². The van der Waals surface area contributed by atoms with Gasteiger partial charge >= 0.3 is 0 Å². The van der Waals surface area contributed by atoms with E-state index in [0.29, 0.717) is 6.04 Å². The maximum atomic E-state index is 4.50. The van der Waals surface area contributed by atoms with E-state index in [0.717, 1.165) is 5.82 Å². The average Bonchev–Trinajstić information content (AvgIpc) is 2.29. The summed E-state index contributed by atoms with van der Waals surface area (Å²) in [7, 11) is 0. The van der Waals surface area contributed by atoms with Gasteiger partial charge in [-0.15, -0.1) is 0 Å². The third kappa shape index (κ3) is 5.07. The van der Waals surface area contributed by atoms with Crippen molar-refractivity contribution in [3.05, 3.63) is 23.9 Å². The van der Waals surface area contributed by atoms with Crippen LogP contribution in [0.4, 0.5) is 5.82 Å². The third-order valence-electron chi connectivity index (χ3n) is 3.26. The van der Waals surface area contributed by atoms with Crippen LogP contribution in [0.1, 0.15) is 65.9 Å². The molecule has 0 aliphatic heterocycles. The van der Waals surface area contributed by atoms with E-state index < -0.39 is 0 Å². The Kier molecular flexibility index (Phi) is 5.64. The molecule has 0 saturated heterocycles. The molecule has 0 fully saturated rings. The average molecular weight is 248 g/mol. The smallest absolute Gasteiger partial charge is 0.126 e. The SMILES string of the molecule is CCCCCC(C)Nc1ccc(C(C)(C)C)cn1. The van der Waals surface area contributed by atoms with Gasteiger partial charge in [0.25, 0.3) is 0 Å². The van der Waals surface area contributed by atoms with E-state index in [-0.39, 0.29) is 5.41 Å². The molecule has 1 rings (SSSR count). The number of hydrogen-bond acceptors (Lipinski definition) is 2. The van der Waals surface area contributed by atoms with Crippen molar-refractivity contribution in [2.75, 3.05) is 5.32 Å². The highest BCUT2D eigenvalue weighted by Gasteiger charge is 2.13. The van der Waals surface area contributed by atoms with Crippen molar-refractivity contribution in [3.8, 4) is 0 Å². The molecule has 0 aromatic carbocycles. The van der Waals surface area contributed by atoms with Crippen molar-refractivity contribution in [1.29, 1.82) is 0 Å². The molecular formula is C16H28N2. The summed E-state index contributed by atoms with van der Waals surface area (Å²) < 4.78 is 0. The maximum Gasteiger partial charge on any atom is 0.126 e. The Hall–Kier alpha value is -1.05. The molecule has 2 heteroatoms. The van der Waals surface area contributed by atoms with Gasteiger partial charge in [-0.3, -0.25) is 0 Å². The molecule has 0 saturated carbocycles. The van der Waals surface area contributed by atoms with Gasteiger partial charge in [-0.1, -0.05) is 53.0 Å². The van der Waals surface area contributed by atoms with E-state index >= 15 is 0 Å². The number of unbranched alkanes of at least 4 members (excludes halogenated alkanes) is 2. The van der Waals surface area contributed by atoms with Crippen molar-refractivity contribution in [3.63, 3.8) is 0 Å². The number of nitrogens with one attached hydrogen (secondary N) is 1. The van der Waals surface area contributed by atoms with Gasteiger partial charge in [0, 0.05) is 12.2 Å². The number of anilines is 1. The van der Waals surface area contributed by atoms with Crippen molar-refractivity contribution in [2.45, 2.75) is 71.8 Å². The first-order valence-electron chi connectivity index (χ1n) is 7.16. The van der Waals surface area contributed by atoms with Crippen LogP contribution in [0.3, 0.4) is 0 Å². The number of rotatable bonds is 6. The van der Waals surface area contributed by atoms with Crippen LogP contribution >= 0.6 is 0 Å². The summed E-state index contributed by atoms with van der Waals surface area (Å²) in [5.74, 6) is 0.993. The maximum absolute atomic E-state index is 4.50. The first-order valence-corrected chi connectivity index (χ1v) is 7.16. The topological polar surface area (TPSA) is 24.9 Å². The summed E-state index contributed by atoms with van der Waals surface area (Å²) in [6.45, 7) is 11.1. The molecular weight excluding hydrogens is 220 g/mol. The van der Waals surface area contributed by atoms with Gasteiger partial charge in [0.1, 0.15) is 5.82 Å². The lowest BCUT2D eigenvalue weighted by Crippen LogP contribution is -2.17. The number of hydrogen-bond donors (Lipinski definition) is 1. The van der Waals surface area contributed by atoms with E-state index in [2.05, 4.69) is 57.1 Å². The zero-order valence-electron chi connectivity index (χ0n) is 12.6. The third-order valence-corrected chi connectivity index (χ3v) is 3.26. The molecule has 0 bridgehead atoms. The van der Waals surface area contributed by atoms with Gasteiger partial charge < -0.3 is 5.32 Å². The van der Waals surface area contributed by atoms with Crippen LogP contribution < -0.4 is 5.32 Å². The largest absolute Gasteiger partial charge is 0.368 e. The minimum atomic E-state index is 0.179. The highest BCUT2D eigenvalue weighted by molar-refractivity contribution is 5.37. The zero-order chi connectivity index (χ0) is 13.6. The van der Waals surface area contributed by atoms with Crippen LogP contribution in [-0.4, -0.2) is 11.0 Å². The van der Waals surface area contributed by atoms with E-state index in [1.165, 1.54) is 31.2 Å². The van der Waals surface area contributed by atoms with Crippen molar-refractivity contribution in [2.24, 2.45) is 0 Å². The molecule has 1 N–H and O–H groups in total. The highest BCUT2D eigenvalue weighted by atomic mass is 15.0. The normalized spacial score (nSPS) is 13.4. The van der Waals surface area contributed by atoms with Gasteiger partial charge in [0.05, 0.1) is 0 Å². The molecule has 0 amide bonds. The lowest BCUT2D eigenvalue weighted by atomic mass is 9.88. The summed E-state index contributed by atoms with van der Waals surface area (Å²) in [6, 6.07) is 4.77. The highest BCUT2D eigenvalue weighted by Crippen LogP contribution is 2.22. The van der Waals surface area contributed by atoms with E-state index in [1.54, 1.807) is 0 Å². The predicted molar refractivity (Wildman–Crippen MR) is 80.2 cm³/mol. The second-order valence-electron chi connectivity index (χ2n) is 6.22. The Labute approximate surface area is 112 Å².